The molecule has 0 unspecified atom stereocenters. The summed E-state index contributed by atoms with van der Waals surface area (Å²) in [5.41, 5.74) is 4.51. The van der Waals surface area contributed by atoms with E-state index in [4.69, 9.17) is 5.73 Å². The molecule has 2 aliphatic rings. The molecule has 0 aromatic heterocycles. The summed E-state index contributed by atoms with van der Waals surface area (Å²) in [6.07, 6.45) is 1.79. The molecular formula is C19H15F2N5. The lowest BCUT2D eigenvalue weighted by molar-refractivity contribution is 0.233. The van der Waals surface area contributed by atoms with Gasteiger partial charge >= 0.3 is 0 Å². The van der Waals surface area contributed by atoms with E-state index in [1.807, 2.05) is 30.2 Å². The maximum Gasteiger partial charge on any atom is 0.191 e. The van der Waals surface area contributed by atoms with Gasteiger partial charge < -0.3 is 10.6 Å². The number of benzene rings is 1. The first kappa shape index (κ1) is 17.6. The Morgan fingerprint density at radius 3 is 2.54 bits per heavy atom. The molecule has 2 atom stereocenters. The number of nitrogens with zero attached hydrogens (tertiary/aromatic N) is 4. The summed E-state index contributed by atoms with van der Waals surface area (Å²) >= 11 is 0. The molecule has 1 aliphatic carbocycles. The van der Waals surface area contributed by atoms with E-state index in [1.54, 1.807) is 6.08 Å². The lowest BCUT2D eigenvalue weighted by atomic mass is 9.58. The van der Waals surface area contributed by atoms with Gasteiger partial charge in [-0.15, -0.1) is 0 Å². The highest BCUT2D eigenvalue weighted by Crippen LogP contribution is 2.54. The quantitative estimate of drug-likeness (QED) is 0.837. The highest BCUT2D eigenvalue weighted by atomic mass is 19.2. The highest BCUT2D eigenvalue weighted by molar-refractivity contribution is 5.59. The van der Waals surface area contributed by atoms with Gasteiger partial charge in [-0.05, 0) is 24.3 Å². The van der Waals surface area contributed by atoms with Crippen LogP contribution in [0.3, 0.4) is 0 Å². The van der Waals surface area contributed by atoms with E-state index in [0.29, 0.717) is 18.7 Å². The third-order valence-corrected chi connectivity index (χ3v) is 5.16. The van der Waals surface area contributed by atoms with Gasteiger partial charge in [0.25, 0.3) is 0 Å². The average molecular weight is 351 g/mol. The van der Waals surface area contributed by atoms with Crippen molar-refractivity contribution < 1.29 is 8.78 Å². The molecule has 0 amide bonds. The summed E-state index contributed by atoms with van der Waals surface area (Å²) in [5, 5.41) is 29.2. The second-order valence-electron chi connectivity index (χ2n) is 6.54. The van der Waals surface area contributed by atoms with Crippen LogP contribution in [0.15, 0.2) is 41.1 Å². The molecule has 130 valence electrons. The first-order valence-corrected chi connectivity index (χ1v) is 7.97. The van der Waals surface area contributed by atoms with Crippen LogP contribution in [0.5, 0.6) is 0 Å². The third kappa shape index (κ3) is 2.28. The Balaban J connectivity index is 2.39. The molecule has 0 radical (unpaired) electrons. The molecule has 7 heteroatoms. The summed E-state index contributed by atoms with van der Waals surface area (Å²) in [4.78, 5) is 1.92. The van der Waals surface area contributed by atoms with Crippen molar-refractivity contribution in [2.24, 2.45) is 17.1 Å². The van der Waals surface area contributed by atoms with E-state index in [1.165, 1.54) is 12.1 Å². The summed E-state index contributed by atoms with van der Waals surface area (Å²) in [5.74, 6) is -3.73. The molecule has 0 spiro atoms. The van der Waals surface area contributed by atoms with E-state index >= 15 is 0 Å². The van der Waals surface area contributed by atoms with Gasteiger partial charge in [-0.1, -0.05) is 18.2 Å². The summed E-state index contributed by atoms with van der Waals surface area (Å²) < 4.78 is 28.5. The summed E-state index contributed by atoms with van der Waals surface area (Å²) in [7, 11) is 1.83. The molecule has 1 aromatic carbocycles. The minimum atomic E-state index is -1.96. The Bertz CT molecular complexity index is 944. The zero-order chi connectivity index (χ0) is 19.1. The fraction of sp³-hybridized carbons (Fsp3) is 0.316. The second kappa shape index (κ2) is 6.26. The van der Waals surface area contributed by atoms with Crippen molar-refractivity contribution >= 4 is 0 Å². The number of halogens is 2. The molecule has 0 saturated heterocycles. The summed E-state index contributed by atoms with van der Waals surface area (Å²) in [6.45, 7) is 0.935. The van der Waals surface area contributed by atoms with Crippen LogP contribution in [0.2, 0.25) is 0 Å². The molecule has 5 nitrogen and oxygen atoms in total. The normalized spacial score (nSPS) is 24.7. The van der Waals surface area contributed by atoms with Crippen LogP contribution < -0.4 is 5.73 Å². The zero-order valence-corrected chi connectivity index (χ0v) is 14.0. The second-order valence-corrected chi connectivity index (χ2v) is 6.54. The number of likely N-dealkylation sites (N-methyl/N-ethyl adjacent to an activating group) is 1. The molecule has 0 bridgehead atoms. The van der Waals surface area contributed by atoms with Gasteiger partial charge in [0, 0.05) is 24.9 Å². The molecule has 26 heavy (non-hydrogen) atoms. The van der Waals surface area contributed by atoms with Crippen LogP contribution >= 0.6 is 0 Å². The summed E-state index contributed by atoms with van der Waals surface area (Å²) in [6, 6.07) is 9.45. The Labute approximate surface area is 149 Å². The van der Waals surface area contributed by atoms with Crippen LogP contribution in [0, 0.1) is 57.0 Å². The van der Waals surface area contributed by atoms with Gasteiger partial charge in [0.2, 0.25) is 0 Å². The van der Waals surface area contributed by atoms with Gasteiger partial charge in [0.05, 0.1) is 23.4 Å². The van der Waals surface area contributed by atoms with E-state index in [-0.39, 0.29) is 16.8 Å². The van der Waals surface area contributed by atoms with Crippen molar-refractivity contribution in [1.29, 1.82) is 15.8 Å². The first-order chi connectivity index (χ1) is 12.4. The Morgan fingerprint density at radius 1 is 1.23 bits per heavy atom. The van der Waals surface area contributed by atoms with Gasteiger partial charge in [0.1, 0.15) is 6.07 Å². The molecular weight excluding hydrogens is 336 g/mol. The zero-order valence-electron chi connectivity index (χ0n) is 14.0. The number of rotatable bonds is 1. The van der Waals surface area contributed by atoms with Gasteiger partial charge in [-0.3, -0.25) is 0 Å². The molecule has 3 rings (SSSR count). The van der Waals surface area contributed by atoms with Gasteiger partial charge in [-0.2, -0.15) is 15.8 Å². The Morgan fingerprint density at radius 2 is 1.92 bits per heavy atom. The van der Waals surface area contributed by atoms with Gasteiger partial charge in [-0.25, -0.2) is 8.78 Å². The maximum absolute atomic E-state index is 14.6. The number of allylic oxidation sites excluding steroid dienone is 2. The first-order valence-electron chi connectivity index (χ1n) is 7.97. The monoisotopic (exact) mass is 351 g/mol. The lowest BCUT2D eigenvalue weighted by Gasteiger charge is -2.45. The van der Waals surface area contributed by atoms with Crippen LogP contribution in [-0.4, -0.2) is 25.0 Å². The standard InChI is InChI=1S/C19H15F2N5/c1-26-6-5-11-13(7-22)18(25)19(9-23,10-24)16(14(11)8-26)12-3-2-4-15(20)17(12)21/h2-5,14,16H,6,8,25H2,1H3/t14-,16+/m1/s1. The predicted molar refractivity (Wildman–Crippen MR) is 88.7 cm³/mol. The van der Waals surface area contributed by atoms with Crippen molar-refractivity contribution in [1.82, 2.24) is 4.90 Å². The van der Waals surface area contributed by atoms with Crippen LogP contribution in [0.4, 0.5) is 8.78 Å². The lowest BCUT2D eigenvalue weighted by Crippen LogP contribution is -2.47. The molecule has 2 N–H and O–H groups in total. The molecule has 0 fully saturated rings. The molecule has 1 aromatic rings. The molecule has 1 heterocycles. The van der Waals surface area contributed by atoms with Crippen molar-refractivity contribution in [3.63, 3.8) is 0 Å². The molecule has 0 saturated carbocycles. The van der Waals surface area contributed by atoms with Crippen molar-refractivity contribution in [3.05, 3.63) is 58.3 Å². The van der Waals surface area contributed by atoms with Crippen molar-refractivity contribution in [2.75, 3.05) is 20.1 Å². The Hall–Kier alpha value is -3.21. The fourth-order valence-corrected chi connectivity index (χ4v) is 3.93. The average Bonchev–Trinajstić information content (AvgIpc) is 2.64. The predicted octanol–water partition coefficient (Wildman–Crippen LogP) is 2.32. The molecule has 1 aliphatic heterocycles. The largest absolute Gasteiger partial charge is 0.399 e. The van der Waals surface area contributed by atoms with E-state index in [2.05, 4.69) is 0 Å². The minimum absolute atomic E-state index is 0.0826. The fourth-order valence-electron chi connectivity index (χ4n) is 3.93. The number of fused-ring (bicyclic) bond motifs is 1. The van der Waals surface area contributed by atoms with E-state index in [0.717, 1.165) is 6.07 Å². The van der Waals surface area contributed by atoms with Gasteiger partial charge in [0.15, 0.2) is 17.0 Å². The maximum atomic E-state index is 14.6. The number of hydrogen-bond donors (Lipinski definition) is 1. The SMILES string of the molecule is CN1CC=C2C(C#N)=C(N)C(C#N)(C#N)[C@@H](c3cccc(F)c3F)[C@@H]2C1. The van der Waals surface area contributed by atoms with E-state index in [9.17, 15) is 24.6 Å². The smallest absolute Gasteiger partial charge is 0.191 e. The number of nitrogens with two attached hydrogens (primary N) is 1. The van der Waals surface area contributed by atoms with E-state index < -0.39 is 28.9 Å². The van der Waals surface area contributed by atoms with Crippen LogP contribution in [0.1, 0.15) is 11.5 Å². The third-order valence-electron chi connectivity index (χ3n) is 5.16. The Kier molecular flexibility index (Phi) is 4.24. The topological polar surface area (TPSA) is 101 Å². The van der Waals surface area contributed by atoms with Crippen molar-refractivity contribution in [3.8, 4) is 18.2 Å². The van der Waals surface area contributed by atoms with Crippen LogP contribution in [0.25, 0.3) is 0 Å². The minimum Gasteiger partial charge on any atom is -0.399 e. The van der Waals surface area contributed by atoms with Crippen molar-refractivity contribution in [2.45, 2.75) is 5.92 Å². The number of nitriles is 3. The highest BCUT2D eigenvalue weighted by Gasteiger charge is 2.55. The number of hydrogen-bond acceptors (Lipinski definition) is 5. The van der Waals surface area contributed by atoms with Crippen LogP contribution in [-0.2, 0) is 0 Å².